The van der Waals surface area contributed by atoms with Gasteiger partial charge in [0, 0.05) is 31.7 Å². The van der Waals surface area contributed by atoms with Crippen molar-refractivity contribution in [3.05, 3.63) is 53.1 Å². The highest BCUT2D eigenvalue weighted by atomic mass is 16.7. The van der Waals surface area contributed by atoms with Gasteiger partial charge in [-0.1, -0.05) is 6.07 Å². The van der Waals surface area contributed by atoms with Gasteiger partial charge in [0.15, 0.2) is 23.0 Å². The zero-order valence-electron chi connectivity index (χ0n) is 18.9. The summed E-state index contributed by atoms with van der Waals surface area (Å²) in [6.45, 7) is 3.88. The number of carbonyl (C=O) groups excluding carboxylic acids is 2. The van der Waals surface area contributed by atoms with Crippen molar-refractivity contribution < 1.29 is 38.4 Å². The highest BCUT2D eigenvalue weighted by molar-refractivity contribution is 6.46. The van der Waals surface area contributed by atoms with E-state index in [0.29, 0.717) is 60.4 Å². The van der Waals surface area contributed by atoms with E-state index in [-0.39, 0.29) is 24.9 Å². The van der Waals surface area contributed by atoms with Crippen LogP contribution in [0.25, 0.3) is 5.76 Å². The van der Waals surface area contributed by atoms with Gasteiger partial charge in [0.05, 0.1) is 24.8 Å². The van der Waals surface area contributed by atoms with Gasteiger partial charge >= 0.3 is 0 Å². The number of ether oxygens (including phenoxy) is 5. The predicted octanol–water partition coefficient (Wildman–Crippen LogP) is 1.90. The lowest BCUT2D eigenvalue weighted by Gasteiger charge is -2.31. The van der Waals surface area contributed by atoms with E-state index in [1.165, 1.54) is 4.90 Å². The molecule has 2 saturated heterocycles. The molecular weight excluding hydrogens is 456 g/mol. The molecule has 1 atom stereocenters. The van der Waals surface area contributed by atoms with Gasteiger partial charge in [-0.3, -0.25) is 14.5 Å². The van der Waals surface area contributed by atoms with Crippen molar-refractivity contribution in [2.45, 2.75) is 6.04 Å². The summed E-state index contributed by atoms with van der Waals surface area (Å²) in [5.41, 5.74) is 1.04. The molecule has 4 heterocycles. The zero-order valence-corrected chi connectivity index (χ0v) is 18.9. The Kier molecular flexibility index (Phi) is 5.46. The fourth-order valence-electron chi connectivity index (χ4n) is 4.81. The van der Waals surface area contributed by atoms with E-state index in [4.69, 9.17) is 23.7 Å². The number of benzene rings is 2. The number of hydrogen-bond donors (Lipinski definition) is 1. The molecule has 1 N–H and O–H groups in total. The third-order valence-corrected chi connectivity index (χ3v) is 6.66. The van der Waals surface area contributed by atoms with E-state index < -0.39 is 17.7 Å². The number of nitrogens with zero attached hydrogens (tertiary/aromatic N) is 2. The molecule has 0 aliphatic carbocycles. The number of amides is 1. The molecule has 2 fully saturated rings. The maximum Gasteiger partial charge on any atom is 0.295 e. The molecule has 4 aliphatic rings. The largest absolute Gasteiger partial charge is 0.507 e. The van der Waals surface area contributed by atoms with Crippen molar-refractivity contribution in [2.24, 2.45) is 0 Å². The number of Topliss-reactive ketones (excluding diaryl/α,β-unsaturated/α-hetero) is 1. The van der Waals surface area contributed by atoms with Gasteiger partial charge in [0.2, 0.25) is 13.6 Å². The molecule has 2 aromatic rings. The van der Waals surface area contributed by atoms with Crippen LogP contribution in [0.2, 0.25) is 0 Å². The predicted molar refractivity (Wildman–Crippen MR) is 121 cm³/mol. The molecule has 0 saturated carbocycles. The Hall–Kier alpha value is -3.76. The van der Waals surface area contributed by atoms with Crippen LogP contribution in [0.4, 0.5) is 0 Å². The van der Waals surface area contributed by atoms with Crippen LogP contribution >= 0.6 is 0 Å². The number of rotatable bonds is 5. The fraction of sp³-hybridized carbons (Fsp3) is 0.360. The molecule has 0 radical (unpaired) electrons. The quantitative estimate of drug-likeness (QED) is 0.390. The standard InChI is InChI=1S/C25H24N2O8/c28-23(16-2-4-18-20(12-16)35-14-33-18)21-22(15-1-3-17-19(11-15)34-13-32-17)27(25(30)24(21)29)6-5-26-7-9-31-10-8-26/h1-4,11-12,22,28H,5-10,13-14H2/t22-/m1/s1. The first-order valence-electron chi connectivity index (χ1n) is 11.5. The minimum Gasteiger partial charge on any atom is -0.507 e. The molecule has 0 aromatic heterocycles. The van der Waals surface area contributed by atoms with E-state index >= 15 is 0 Å². The third kappa shape index (κ3) is 3.84. The molecule has 0 unspecified atom stereocenters. The summed E-state index contributed by atoms with van der Waals surface area (Å²) < 4.78 is 27.1. The Bertz CT molecular complexity index is 1220. The van der Waals surface area contributed by atoms with Crippen molar-refractivity contribution in [2.75, 3.05) is 53.0 Å². The van der Waals surface area contributed by atoms with Gasteiger partial charge in [0.25, 0.3) is 11.7 Å². The van der Waals surface area contributed by atoms with Crippen LogP contribution in [0.5, 0.6) is 23.0 Å². The number of aliphatic hydroxyl groups is 1. The lowest BCUT2D eigenvalue weighted by atomic mass is 9.95. The van der Waals surface area contributed by atoms with Gasteiger partial charge < -0.3 is 33.7 Å². The molecule has 6 rings (SSSR count). The van der Waals surface area contributed by atoms with Gasteiger partial charge in [-0.05, 0) is 35.9 Å². The highest BCUT2D eigenvalue weighted by Crippen LogP contribution is 2.44. The molecule has 10 nitrogen and oxygen atoms in total. The van der Waals surface area contributed by atoms with Crippen molar-refractivity contribution in [1.82, 2.24) is 9.80 Å². The maximum absolute atomic E-state index is 13.3. The fourth-order valence-corrected chi connectivity index (χ4v) is 4.81. The number of morpholine rings is 1. The highest BCUT2D eigenvalue weighted by Gasteiger charge is 2.46. The summed E-state index contributed by atoms with van der Waals surface area (Å²) in [6.07, 6.45) is 0. The maximum atomic E-state index is 13.3. The Morgan fingerprint density at radius 2 is 1.51 bits per heavy atom. The van der Waals surface area contributed by atoms with E-state index in [0.717, 1.165) is 13.1 Å². The molecule has 10 heteroatoms. The third-order valence-electron chi connectivity index (χ3n) is 6.66. The van der Waals surface area contributed by atoms with Crippen LogP contribution in [-0.4, -0.2) is 79.6 Å². The normalized spacial score (nSPS) is 22.7. The Morgan fingerprint density at radius 3 is 2.26 bits per heavy atom. The average molecular weight is 480 g/mol. The van der Waals surface area contributed by atoms with E-state index in [1.54, 1.807) is 36.4 Å². The number of fused-ring (bicyclic) bond motifs is 2. The van der Waals surface area contributed by atoms with Gasteiger partial charge in [-0.25, -0.2) is 0 Å². The first-order valence-corrected chi connectivity index (χ1v) is 11.5. The van der Waals surface area contributed by atoms with E-state index in [1.807, 2.05) is 0 Å². The second kappa shape index (κ2) is 8.79. The second-order valence-corrected chi connectivity index (χ2v) is 8.63. The average Bonchev–Trinajstić information content (AvgIpc) is 3.61. The van der Waals surface area contributed by atoms with Crippen LogP contribution in [0.1, 0.15) is 17.2 Å². The Labute approximate surface area is 201 Å². The second-order valence-electron chi connectivity index (χ2n) is 8.63. The first-order chi connectivity index (χ1) is 17.1. The van der Waals surface area contributed by atoms with Crippen molar-refractivity contribution >= 4 is 17.4 Å². The summed E-state index contributed by atoms with van der Waals surface area (Å²) in [5, 5.41) is 11.3. The zero-order chi connectivity index (χ0) is 23.9. The smallest absolute Gasteiger partial charge is 0.295 e. The molecular formula is C25H24N2O8. The molecule has 35 heavy (non-hydrogen) atoms. The lowest BCUT2D eigenvalue weighted by molar-refractivity contribution is -0.140. The van der Waals surface area contributed by atoms with Crippen LogP contribution in [0, 0.1) is 0 Å². The summed E-state index contributed by atoms with van der Waals surface area (Å²) in [4.78, 5) is 30.2. The lowest BCUT2D eigenvalue weighted by Crippen LogP contribution is -2.42. The van der Waals surface area contributed by atoms with Crippen LogP contribution in [0.15, 0.2) is 42.0 Å². The van der Waals surface area contributed by atoms with Crippen LogP contribution < -0.4 is 18.9 Å². The SMILES string of the molecule is O=C1C(=O)N(CCN2CCOCC2)[C@H](c2ccc3c(c2)OCO3)C1=C(O)c1ccc2c(c1)OCO2. The number of likely N-dealkylation sites (tertiary alicyclic amines) is 1. The van der Waals surface area contributed by atoms with Gasteiger partial charge in [-0.2, -0.15) is 0 Å². The van der Waals surface area contributed by atoms with Crippen molar-refractivity contribution in [1.29, 1.82) is 0 Å². The minimum absolute atomic E-state index is 0.0229. The van der Waals surface area contributed by atoms with Gasteiger partial charge in [0.1, 0.15) is 5.76 Å². The van der Waals surface area contributed by atoms with Crippen LogP contribution in [0.3, 0.4) is 0 Å². The molecule has 0 bridgehead atoms. The van der Waals surface area contributed by atoms with E-state index in [9.17, 15) is 14.7 Å². The number of carbonyl (C=O) groups is 2. The first kappa shape index (κ1) is 21.8. The Morgan fingerprint density at radius 1 is 0.857 bits per heavy atom. The van der Waals surface area contributed by atoms with E-state index in [2.05, 4.69) is 4.90 Å². The topological polar surface area (TPSA) is 107 Å². The van der Waals surface area contributed by atoms with Crippen molar-refractivity contribution in [3.8, 4) is 23.0 Å². The molecule has 182 valence electrons. The van der Waals surface area contributed by atoms with Crippen LogP contribution in [-0.2, 0) is 14.3 Å². The monoisotopic (exact) mass is 480 g/mol. The molecule has 1 amide bonds. The number of ketones is 1. The number of aliphatic hydroxyl groups excluding tert-OH is 1. The minimum atomic E-state index is -0.782. The van der Waals surface area contributed by atoms with Gasteiger partial charge in [-0.15, -0.1) is 0 Å². The molecule has 4 aliphatic heterocycles. The number of hydrogen-bond acceptors (Lipinski definition) is 9. The van der Waals surface area contributed by atoms with Crippen molar-refractivity contribution in [3.63, 3.8) is 0 Å². The molecule has 2 aromatic carbocycles. The summed E-state index contributed by atoms with van der Waals surface area (Å²) >= 11 is 0. The summed E-state index contributed by atoms with van der Waals surface area (Å²) in [7, 11) is 0. The Balaban J connectivity index is 1.40. The molecule has 0 spiro atoms. The summed E-state index contributed by atoms with van der Waals surface area (Å²) in [5.74, 6) is 0.500. The summed E-state index contributed by atoms with van der Waals surface area (Å²) in [6, 6.07) is 9.43.